The molecular formula is C72H59ClN12O8. The standard InChI is InChI=1S/C18H17N3.2C17H15N3.C16H12ClN3.4CO2/c1-13-3-10-18(14(2)11-13)16-7-4-15(5-8-16)6-9-17-12-19-21-20-17;1-13-2-7-15(8-3-13)16-9-4-14(5-10-16)6-11-17-12-18-20-19-17;1-13-4-2-3-5-17(13)15-9-6-14(7-10-15)8-11-16-12-18-20-19-16;17-16-4-2-1-3-15(16)13-8-5-12(6-9-13)7-10-14-11-18-20-19-14;4*2-1-3/h3-12H,1-2H3,(H,19,20,21);2*2-12H,1H3,(H,18,19,20);1-11H,(H,18,19,20);;;;. The summed E-state index contributed by atoms with van der Waals surface area (Å²) in [4.78, 5) is 65.0. The maximum atomic E-state index is 8.12. The summed E-state index contributed by atoms with van der Waals surface area (Å²) >= 11 is 6.19. The second-order valence-corrected chi connectivity index (χ2v) is 19.6. The molecule has 4 N–H and O–H groups in total. The number of benzene rings is 8. The van der Waals surface area contributed by atoms with Gasteiger partial charge in [0.15, 0.2) is 0 Å². The number of H-pyrrole nitrogens is 4. The van der Waals surface area contributed by atoms with Gasteiger partial charge in [-0.3, -0.25) is 0 Å². The molecule has 0 fully saturated rings. The van der Waals surface area contributed by atoms with Gasteiger partial charge in [-0.15, -0.1) is 0 Å². The van der Waals surface area contributed by atoms with Gasteiger partial charge in [0.25, 0.3) is 0 Å². The maximum absolute atomic E-state index is 8.12. The van der Waals surface area contributed by atoms with Crippen molar-refractivity contribution < 1.29 is 38.4 Å². The molecule has 4 heterocycles. The van der Waals surface area contributed by atoms with Gasteiger partial charge in [0.2, 0.25) is 0 Å². The number of carbonyl (C=O) groups excluding carboxylic acids is 8. The van der Waals surface area contributed by atoms with Crippen LogP contribution in [0.3, 0.4) is 0 Å². The van der Waals surface area contributed by atoms with Crippen LogP contribution in [-0.4, -0.2) is 86.2 Å². The molecule has 0 aliphatic rings. The molecule has 0 spiro atoms. The number of hydrogen-bond acceptors (Lipinski definition) is 16. The zero-order chi connectivity index (χ0) is 66.8. The van der Waals surface area contributed by atoms with Crippen molar-refractivity contribution in [2.24, 2.45) is 0 Å². The predicted octanol–water partition coefficient (Wildman–Crippen LogP) is 14.1. The van der Waals surface area contributed by atoms with Crippen LogP contribution in [0.1, 0.15) is 67.3 Å². The van der Waals surface area contributed by atoms with Crippen LogP contribution in [0.4, 0.5) is 0 Å². The van der Waals surface area contributed by atoms with E-state index in [0.29, 0.717) is 0 Å². The first-order chi connectivity index (χ1) is 45.3. The highest BCUT2D eigenvalue weighted by molar-refractivity contribution is 6.33. The monoisotopic (exact) mass is 1250 g/mol. The number of nitrogens with zero attached hydrogens (tertiary/aromatic N) is 8. The van der Waals surface area contributed by atoms with Crippen molar-refractivity contribution in [3.63, 3.8) is 0 Å². The van der Waals surface area contributed by atoms with E-state index in [1.165, 1.54) is 55.6 Å². The number of aromatic nitrogens is 12. The van der Waals surface area contributed by atoms with Crippen molar-refractivity contribution in [1.82, 2.24) is 61.6 Å². The molecule has 0 bridgehead atoms. The number of nitrogens with one attached hydrogen (secondary N) is 4. The Labute approximate surface area is 539 Å². The van der Waals surface area contributed by atoms with E-state index < -0.39 is 0 Å². The first-order valence-corrected chi connectivity index (χ1v) is 28.2. The number of aromatic amines is 4. The van der Waals surface area contributed by atoms with Crippen molar-refractivity contribution in [3.8, 4) is 44.5 Å². The van der Waals surface area contributed by atoms with Crippen molar-refractivity contribution >= 4 is 84.8 Å². The van der Waals surface area contributed by atoms with E-state index in [0.717, 1.165) is 61.2 Å². The minimum Gasteiger partial charge on any atom is -0.197 e. The Morgan fingerprint density at radius 2 is 0.581 bits per heavy atom. The molecule has 0 aliphatic carbocycles. The van der Waals surface area contributed by atoms with E-state index in [9.17, 15) is 0 Å². The van der Waals surface area contributed by atoms with Gasteiger partial charge in [0.05, 0.1) is 24.8 Å². The largest absolute Gasteiger partial charge is 0.373 e. The summed E-state index contributed by atoms with van der Waals surface area (Å²) < 4.78 is 0. The van der Waals surface area contributed by atoms with Crippen molar-refractivity contribution in [2.45, 2.75) is 27.7 Å². The number of aryl methyl sites for hydroxylation is 4. The normalized spacial score (nSPS) is 9.99. The fourth-order valence-electron chi connectivity index (χ4n) is 8.47. The minimum absolute atomic E-state index is 0.250. The van der Waals surface area contributed by atoms with E-state index in [1.807, 2.05) is 72.9 Å². The minimum atomic E-state index is 0.250. The zero-order valence-corrected chi connectivity index (χ0v) is 51.3. The Balaban J connectivity index is 0.000000212. The number of hydrogen-bond donors (Lipinski definition) is 4. The van der Waals surface area contributed by atoms with Gasteiger partial charge in [0.1, 0.15) is 22.8 Å². The summed E-state index contributed by atoms with van der Waals surface area (Å²) in [5.41, 5.74) is 22.6. The highest BCUT2D eigenvalue weighted by Crippen LogP contribution is 2.29. The summed E-state index contributed by atoms with van der Waals surface area (Å²) in [6.07, 6.45) is 23.6. The Bertz CT molecular complexity index is 4200. The van der Waals surface area contributed by atoms with Crippen LogP contribution in [-0.2, 0) is 38.4 Å². The van der Waals surface area contributed by atoms with Crippen molar-refractivity contribution in [2.75, 3.05) is 0 Å². The molecule has 0 amide bonds. The van der Waals surface area contributed by atoms with Gasteiger partial charge >= 0.3 is 24.6 Å². The molecule has 0 aliphatic heterocycles. The third-order valence-electron chi connectivity index (χ3n) is 12.9. The van der Waals surface area contributed by atoms with Crippen molar-refractivity contribution in [1.29, 1.82) is 0 Å². The molecule has 20 nitrogen and oxygen atoms in total. The Morgan fingerprint density at radius 3 is 0.892 bits per heavy atom. The lowest BCUT2D eigenvalue weighted by Gasteiger charge is -2.07. The second kappa shape index (κ2) is 40.5. The molecule has 8 aromatic carbocycles. The molecule has 93 heavy (non-hydrogen) atoms. The van der Waals surface area contributed by atoms with Crippen LogP contribution >= 0.6 is 11.6 Å². The van der Waals surface area contributed by atoms with Gasteiger partial charge in [-0.05, 0) is 130 Å². The molecular weight excluding hydrogens is 1200 g/mol. The third kappa shape index (κ3) is 25.4. The molecule has 12 rings (SSSR count). The van der Waals surface area contributed by atoms with Gasteiger partial charge < -0.3 is 0 Å². The summed E-state index contributed by atoms with van der Waals surface area (Å²) in [6.45, 7) is 8.50. The lowest BCUT2D eigenvalue weighted by Crippen LogP contribution is -1.85. The van der Waals surface area contributed by atoms with Crippen LogP contribution in [0.5, 0.6) is 0 Å². The average molecular weight is 1260 g/mol. The fraction of sp³-hybridized carbons (Fsp3) is 0.0556. The molecule has 0 unspecified atom stereocenters. The quantitative estimate of drug-likeness (QED) is 0.0883. The Morgan fingerprint density at radius 1 is 0.301 bits per heavy atom. The van der Waals surface area contributed by atoms with Gasteiger partial charge in [-0.1, -0.05) is 229 Å². The first kappa shape index (κ1) is 70.8. The van der Waals surface area contributed by atoms with E-state index in [-0.39, 0.29) is 24.6 Å². The maximum Gasteiger partial charge on any atom is 0.373 e. The Kier molecular flexibility index (Phi) is 30.9. The lowest BCUT2D eigenvalue weighted by atomic mass is 9.98. The summed E-state index contributed by atoms with van der Waals surface area (Å²) in [5.74, 6) is 0. The van der Waals surface area contributed by atoms with Crippen LogP contribution in [0, 0.1) is 27.7 Å². The highest BCUT2D eigenvalue weighted by atomic mass is 35.5. The van der Waals surface area contributed by atoms with Gasteiger partial charge in [-0.25, -0.2) is 0 Å². The first-order valence-electron chi connectivity index (χ1n) is 27.8. The van der Waals surface area contributed by atoms with E-state index in [2.05, 4.69) is 253 Å². The zero-order valence-electron chi connectivity index (χ0n) is 50.5. The number of rotatable bonds is 12. The van der Waals surface area contributed by atoms with Crippen LogP contribution in [0.25, 0.3) is 93.1 Å². The summed E-state index contributed by atoms with van der Waals surface area (Å²) in [6, 6.07) is 65.1. The lowest BCUT2D eigenvalue weighted by molar-refractivity contribution is -0.193. The summed E-state index contributed by atoms with van der Waals surface area (Å²) in [5, 5.41) is 42.1. The molecule has 12 aromatic rings. The van der Waals surface area contributed by atoms with E-state index in [4.69, 9.17) is 50.0 Å². The molecule has 0 radical (unpaired) electrons. The molecule has 0 saturated carbocycles. The molecule has 4 aromatic heterocycles. The van der Waals surface area contributed by atoms with Crippen LogP contribution in [0.15, 0.2) is 213 Å². The molecule has 0 atom stereocenters. The Hall–Kier alpha value is -12.9. The molecule has 21 heteroatoms. The highest BCUT2D eigenvalue weighted by Gasteiger charge is 2.05. The van der Waals surface area contributed by atoms with Gasteiger partial charge in [0, 0.05) is 10.6 Å². The van der Waals surface area contributed by atoms with Gasteiger partial charge in [-0.2, -0.15) is 100.0 Å². The number of halogens is 1. The van der Waals surface area contributed by atoms with E-state index >= 15 is 0 Å². The SMILES string of the molecule is Cc1ccc(-c2ccc(C=Cc3cn[nH]n3)cc2)c(C)c1.Cc1ccc(-c2ccc(C=Cc3cn[nH]n3)cc2)cc1.Cc1ccccc1-c1ccc(C=Cc2cn[nH]n2)cc1.Clc1ccccc1-c1ccc(C=Cc2cn[nH]n2)cc1.O=C=O.O=C=O.O=C=O.O=C=O. The van der Waals surface area contributed by atoms with E-state index in [1.54, 1.807) is 24.8 Å². The topological polar surface area (TPSA) is 303 Å². The predicted molar refractivity (Wildman–Crippen MR) is 353 cm³/mol. The third-order valence-corrected chi connectivity index (χ3v) is 13.2. The van der Waals surface area contributed by atoms with Crippen molar-refractivity contribution in [3.05, 3.63) is 285 Å². The smallest absolute Gasteiger partial charge is 0.197 e. The van der Waals surface area contributed by atoms with Crippen LogP contribution in [0.2, 0.25) is 5.02 Å². The summed E-state index contributed by atoms with van der Waals surface area (Å²) in [7, 11) is 0. The second-order valence-electron chi connectivity index (χ2n) is 19.2. The molecule has 0 saturated heterocycles. The fourth-order valence-corrected chi connectivity index (χ4v) is 8.72. The molecule has 462 valence electrons. The van der Waals surface area contributed by atoms with Crippen LogP contribution < -0.4 is 0 Å². The average Bonchev–Trinajstić information content (AvgIpc) is 3.15.